The molecular formula is C17H27N3O2. The average Bonchev–Trinajstić information content (AvgIpc) is 2.55. The van der Waals surface area contributed by atoms with Gasteiger partial charge >= 0.3 is 0 Å². The molecule has 122 valence electrons. The van der Waals surface area contributed by atoms with Crippen LogP contribution >= 0.6 is 0 Å². The Balaban J connectivity index is 2.64. The number of unbranched alkanes of at least 4 members (excludes halogenated alkanes) is 3. The summed E-state index contributed by atoms with van der Waals surface area (Å²) in [5.41, 5.74) is 0.804. The Morgan fingerprint density at radius 2 is 1.91 bits per heavy atom. The molecule has 0 unspecified atom stereocenters. The summed E-state index contributed by atoms with van der Waals surface area (Å²) in [6.45, 7) is 5.57. The lowest BCUT2D eigenvalue weighted by molar-refractivity contribution is 0.0793. The number of carbonyl (C=O) groups is 2. The SMILES string of the molecule is CCCCCNC(=O)c1cc(C(=O)N(C)CCCC)ccn1. The molecule has 0 fully saturated rings. The largest absolute Gasteiger partial charge is 0.351 e. The Kier molecular flexibility index (Phi) is 8.18. The first-order valence-electron chi connectivity index (χ1n) is 8.09. The highest BCUT2D eigenvalue weighted by Gasteiger charge is 2.14. The molecule has 0 saturated carbocycles. The van der Waals surface area contributed by atoms with Crippen LogP contribution in [-0.2, 0) is 0 Å². The quantitative estimate of drug-likeness (QED) is 0.714. The average molecular weight is 305 g/mol. The maximum atomic E-state index is 12.3. The number of amides is 2. The Labute approximate surface area is 133 Å². The second kappa shape index (κ2) is 9.92. The van der Waals surface area contributed by atoms with Crippen LogP contribution in [-0.4, -0.2) is 41.8 Å². The third-order valence-electron chi connectivity index (χ3n) is 3.50. The van der Waals surface area contributed by atoms with Crippen molar-refractivity contribution in [3.8, 4) is 0 Å². The number of pyridine rings is 1. The molecule has 0 aromatic carbocycles. The minimum Gasteiger partial charge on any atom is -0.351 e. The lowest BCUT2D eigenvalue weighted by Crippen LogP contribution is -2.29. The minimum atomic E-state index is -0.220. The van der Waals surface area contributed by atoms with Crippen molar-refractivity contribution in [2.75, 3.05) is 20.1 Å². The molecule has 1 heterocycles. The van der Waals surface area contributed by atoms with Gasteiger partial charge in [-0.3, -0.25) is 14.6 Å². The van der Waals surface area contributed by atoms with E-state index in [2.05, 4.69) is 24.1 Å². The Morgan fingerprint density at radius 3 is 2.59 bits per heavy atom. The lowest BCUT2D eigenvalue weighted by atomic mass is 10.2. The van der Waals surface area contributed by atoms with Gasteiger partial charge < -0.3 is 10.2 Å². The molecule has 22 heavy (non-hydrogen) atoms. The van der Waals surface area contributed by atoms with Crippen LogP contribution in [0, 0.1) is 0 Å². The van der Waals surface area contributed by atoms with Gasteiger partial charge in [-0.25, -0.2) is 0 Å². The van der Waals surface area contributed by atoms with Crippen molar-refractivity contribution in [2.45, 2.75) is 46.0 Å². The molecule has 5 heteroatoms. The lowest BCUT2D eigenvalue weighted by Gasteiger charge is -2.16. The van der Waals surface area contributed by atoms with Crippen molar-refractivity contribution in [1.29, 1.82) is 0 Å². The van der Waals surface area contributed by atoms with E-state index >= 15 is 0 Å². The fraction of sp³-hybridized carbons (Fsp3) is 0.588. The topological polar surface area (TPSA) is 62.3 Å². The van der Waals surface area contributed by atoms with Gasteiger partial charge in [0.15, 0.2) is 0 Å². The third kappa shape index (κ3) is 5.84. The molecule has 1 rings (SSSR count). The van der Waals surface area contributed by atoms with Crippen molar-refractivity contribution in [1.82, 2.24) is 15.2 Å². The van der Waals surface area contributed by atoms with Crippen LogP contribution < -0.4 is 5.32 Å². The molecule has 0 aliphatic rings. The molecule has 1 N–H and O–H groups in total. The Bertz CT molecular complexity index is 489. The van der Waals surface area contributed by atoms with Crippen LogP contribution in [0.15, 0.2) is 18.3 Å². The summed E-state index contributed by atoms with van der Waals surface area (Å²) in [5, 5.41) is 2.84. The second-order valence-electron chi connectivity index (χ2n) is 5.47. The van der Waals surface area contributed by atoms with Crippen LogP contribution in [0.2, 0.25) is 0 Å². The van der Waals surface area contributed by atoms with Crippen LogP contribution in [0.5, 0.6) is 0 Å². The van der Waals surface area contributed by atoms with E-state index in [1.807, 2.05) is 0 Å². The van der Waals surface area contributed by atoms with E-state index in [4.69, 9.17) is 0 Å². The van der Waals surface area contributed by atoms with Crippen LogP contribution in [0.1, 0.15) is 66.8 Å². The van der Waals surface area contributed by atoms with Gasteiger partial charge in [0.2, 0.25) is 0 Å². The number of aromatic nitrogens is 1. The first kappa shape index (κ1) is 18.1. The molecule has 5 nitrogen and oxygen atoms in total. The molecule has 0 saturated heterocycles. The third-order valence-corrected chi connectivity index (χ3v) is 3.50. The number of nitrogens with one attached hydrogen (secondary N) is 1. The molecule has 1 aromatic heterocycles. The molecule has 2 amide bonds. The zero-order chi connectivity index (χ0) is 16.4. The summed E-state index contributed by atoms with van der Waals surface area (Å²) >= 11 is 0. The highest BCUT2D eigenvalue weighted by molar-refractivity contribution is 5.98. The summed E-state index contributed by atoms with van der Waals surface area (Å²) in [7, 11) is 1.78. The minimum absolute atomic E-state index is 0.0733. The van der Waals surface area contributed by atoms with Gasteiger partial charge in [0.25, 0.3) is 11.8 Å². The van der Waals surface area contributed by atoms with Crippen molar-refractivity contribution >= 4 is 11.8 Å². The molecule has 0 radical (unpaired) electrons. The van der Waals surface area contributed by atoms with Gasteiger partial charge in [-0.15, -0.1) is 0 Å². The van der Waals surface area contributed by atoms with Crippen LogP contribution in [0.4, 0.5) is 0 Å². The normalized spacial score (nSPS) is 10.3. The van der Waals surface area contributed by atoms with Crippen molar-refractivity contribution in [2.24, 2.45) is 0 Å². The number of carbonyl (C=O) groups excluding carboxylic acids is 2. The Hall–Kier alpha value is -1.91. The smallest absolute Gasteiger partial charge is 0.269 e. The van der Waals surface area contributed by atoms with Gasteiger partial charge in [0.05, 0.1) is 0 Å². The summed E-state index contributed by atoms with van der Waals surface area (Å²) < 4.78 is 0. The maximum absolute atomic E-state index is 12.3. The van der Waals surface area contributed by atoms with E-state index < -0.39 is 0 Å². The van der Waals surface area contributed by atoms with Crippen molar-refractivity contribution < 1.29 is 9.59 Å². The zero-order valence-electron chi connectivity index (χ0n) is 13.9. The van der Waals surface area contributed by atoms with Crippen molar-refractivity contribution in [3.05, 3.63) is 29.6 Å². The number of hydrogen-bond donors (Lipinski definition) is 1. The van der Waals surface area contributed by atoms with Crippen LogP contribution in [0.3, 0.4) is 0 Å². The highest BCUT2D eigenvalue weighted by atomic mass is 16.2. The van der Waals surface area contributed by atoms with E-state index in [1.165, 1.54) is 6.20 Å². The molecule has 0 aliphatic carbocycles. The highest BCUT2D eigenvalue weighted by Crippen LogP contribution is 2.06. The van der Waals surface area contributed by atoms with E-state index in [1.54, 1.807) is 24.1 Å². The first-order valence-corrected chi connectivity index (χ1v) is 8.09. The van der Waals surface area contributed by atoms with E-state index in [9.17, 15) is 9.59 Å². The molecule has 0 atom stereocenters. The molecule has 1 aromatic rings. The molecule has 0 bridgehead atoms. The van der Waals surface area contributed by atoms with Gasteiger partial charge in [0.1, 0.15) is 5.69 Å². The van der Waals surface area contributed by atoms with E-state index in [0.29, 0.717) is 17.8 Å². The summed E-state index contributed by atoms with van der Waals surface area (Å²) in [4.78, 5) is 30.1. The monoisotopic (exact) mass is 305 g/mol. The summed E-state index contributed by atoms with van der Waals surface area (Å²) in [5.74, 6) is -0.294. The van der Waals surface area contributed by atoms with E-state index in [0.717, 1.165) is 38.6 Å². The predicted octanol–water partition coefficient (Wildman–Crippen LogP) is 2.87. The Morgan fingerprint density at radius 1 is 1.18 bits per heavy atom. The van der Waals surface area contributed by atoms with Gasteiger partial charge in [-0.05, 0) is 25.0 Å². The fourth-order valence-electron chi connectivity index (χ4n) is 2.07. The first-order chi connectivity index (χ1) is 10.6. The van der Waals surface area contributed by atoms with Gasteiger partial charge in [-0.1, -0.05) is 33.1 Å². The molecule has 0 spiro atoms. The van der Waals surface area contributed by atoms with Gasteiger partial charge in [0, 0.05) is 31.9 Å². The number of hydrogen-bond acceptors (Lipinski definition) is 3. The second-order valence-corrected chi connectivity index (χ2v) is 5.47. The number of rotatable bonds is 9. The molecular weight excluding hydrogens is 278 g/mol. The van der Waals surface area contributed by atoms with Crippen LogP contribution in [0.25, 0.3) is 0 Å². The molecule has 0 aliphatic heterocycles. The summed E-state index contributed by atoms with van der Waals surface area (Å²) in [6, 6.07) is 3.22. The fourth-order valence-corrected chi connectivity index (χ4v) is 2.07. The zero-order valence-corrected chi connectivity index (χ0v) is 13.9. The maximum Gasteiger partial charge on any atom is 0.269 e. The van der Waals surface area contributed by atoms with E-state index in [-0.39, 0.29) is 11.8 Å². The number of nitrogens with zero attached hydrogens (tertiary/aromatic N) is 2. The van der Waals surface area contributed by atoms with Gasteiger partial charge in [-0.2, -0.15) is 0 Å². The standard InChI is InChI=1S/C17H27N3O2/c1-4-6-8-10-19-16(21)15-13-14(9-11-18-15)17(22)20(3)12-7-5-2/h9,11,13H,4-8,10,12H2,1-3H3,(H,19,21). The summed E-state index contributed by atoms with van der Waals surface area (Å²) in [6.07, 6.45) is 6.69. The van der Waals surface area contributed by atoms with Crippen molar-refractivity contribution in [3.63, 3.8) is 0 Å². The predicted molar refractivity (Wildman–Crippen MR) is 88.0 cm³/mol.